The van der Waals surface area contributed by atoms with Crippen LogP contribution >= 0.6 is 0 Å². The predicted molar refractivity (Wildman–Crippen MR) is 123 cm³/mol. The molecule has 1 aliphatic rings. The number of nitrogens with one attached hydrogen (secondary N) is 1. The van der Waals surface area contributed by atoms with Gasteiger partial charge in [0, 0.05) is 19.6 Å². The third-order valence-corrected chi connectivity index (χ3v) is 7.37. The molecule has 3 aromatic rings. The molecule has 5 nitrogen and oxygen atoms in total. The highest BCUT2D eigenvalue weighted by Gasteiger charge is 2.25. The second-order valence-corrected chi connectivity index (χ2v) is 10.1. The van der Waals surface area contributed by atoms with Crippen LogP contribution in [0.5, 0.6) is 0 Å². The van der Waals surface area contributed by atoms with Crippen molar-refractivity contribution in [3.05, 3.63) is 77.9 Å². The van der Waals surface area contributed by atoms with Crippen molar-refractivity contribution in [3.8, 4) is 0 Å². The maximum atomic E-state index is 12.9. The van der Waals surface area contributed by atoms with Gasteiger partial charge in [-0.1, -0.05) is 60.2 Å². The van der Waals surface area contributed by atoms with Crippen molar-refractivity contribution in [2.24, 2.45) is 5.92 Å². The standard InChI is InChI=1S/C25H28N2O3S/c1-19-8-12-24(13-9-19)31(29,30)26-17-21-5-4-14-27(18-21)25(28)16-20-10-11-22-6-2-3-7-23(22)15-20/h2-3,6-13,15,21,26H,4-5,14,16-18H2,1H3. The normalized spacial score (nSPS) is 17.1. The van der Waals surface area contributed by atoms with Gasteiger partial charge < -0.3 is 4.90 Å². The maximum Gasteiger partial charge on any atom is 0.240 e. The summed E-state index contributed by atoms with van der Waals surface area (Å²) in [7, 11) is -3.54. The molecule has 1 fully saturated rings. The number of hydrogen-bond acceptors (Lipinski definition) is 3. The Kier molecular flexibility index (Phi) is 6.39. The second-order valence-electron chi connectivity index (χ2n) is 8.37. The summed E-state index contributed by atoms with van der Waals surface area (Å²) in [6.07, 6.45) is 2.17. The van der Waals surface area contributed by atoms with Gasteiger partial charge in [0.1, 0.15) is 0 Å². The summed E-state index contributed by atoms with van der Waals surface area (Å²) in [6, 6.07) is 21.1. The van der Waals surface area contributed by atoms with Crippen LogP contribution in [0.3, 0.4) is 0 Å². The van der Waals surface area contributed by atoms with Crippen LogP contribution in [-0.4, -0.2) is 38.9 Å². The van der Waals surface area contributed by atoms with E-state index in [1.165, 1.54) is 0 Å². The van der Waals surface area contributed by atoms with Gasteiger partial charge in [-0.3, -0.25) is 4.79 Å². The van der Waals surface area contributed by atoms with Gasteiger partial charge in [-0.2, -0.15) is 0 Å². The summed E-state index contributed by atoms with van der Waals surface area (Å²) in [5.74, 6) is 0.218. The van der Waals surface area contributed by atoms with Gasteiger partial charge >= 0.3 is 0 Å². The molecule has 0 aliphatic carbocycles. The van der Waals surface area contributed by atoms with Gasteiger partial charge in [0.15, 0.2) is 0 Å². The third kappa shape index (κ3) is 5.32. The zero-order valence-corrected chi connectivity index (χ0v) is 18.6. The lowest BCUT2D eigenvalue weighted by Gasteiger charge is -2.33. The fourth-order valence-electron chi connectivity index (χ4n) is 4.12. The molecule has 1 heterocycles. The molecule has 162 valence electrons. The molecule has 3 aromatic carbocycles. The first-order chi connectivity index (χ1) is 14.9. The van der Waals surface area contributed by atoms with Gasteiger partial charge in [-0.15, -0.1) is 0 Å². The third-order valence-electron chi connectivity index (χ3n) is 5.93. The van der Waals surface area contributed by atoms with Crippen molar-refractivity contribution in [3.63, 3.8) is 0 Å². The highest BCUT2D eigenvalue weighted by atomic mass is 32.2. The van der Waals surface area contributed by atoms with E-state index in [0.717, 1.165) is 41.3 Å². The minimum atomic E-state index is -3.54. The van der Waals surface area contributed by atoms with Crippen LogP contribution in [0.25, 0.3) is 10.8 Å². The molecule has 0 saturated carbocycles. The van der Waals surface area contributed by atoms with Crippen LogP contribution in [0.15, 0.2) is 71.6 Å². The molecule has 0 aromatic heterocycles. The molecule has 4 rings (SSSR count). The van der Waals surface area contributed by atoms with Crippen LogP contribution in [0.1, 0.15) is 24.0 Å². The number of nitrogens with zero attached hydrogens (tertiary/aromatic N) is 1. The number of fused-ring (bicyclic) bond motifs is 1. The van der Waals surface area contributed by atoms with Gasteiger partial charge in [0.25, 0.3) is 0 Å². The number of carbonyl (C=O) groups excluding carboxylic acids is 1. The molecule has 1 unspecified atom stereocenters. The Hall–Kier alpha value is -2.70. The molecule has 1 saturated heterocycles. The molecular weight excluding hydrogens is 408 g/mol. The van der Waals surface area contributed by atoms with Crippen molar-refractivity contribution in [2.75, 3.05) is 19.6 Å². The molecule has 1 N–H and O–H groups in total. The van der Waals surface area contributed by atoms with Crippen LogP contribution in [0.4, 0.5) is 0 Å². The number of piperidine rings is 1. The number of hydrogen-bond donors (Lipinski definition) is 1. The fraction of sp³-hybridized carbons (Fsp3) is 0.320. The minimum Gasteiger partial charge on any atom is -0.342 e. The van der Waals surface area contributed by atoms with Crippen molar-refractivity contribution >= 4 is 26.7 Å². The lowest BCUT2D eigenvalue weighted by molar-refractivity contribution is -0.132. The molecular formula is C25H28N2O3S. The highest BCUT2D eigenvalue weighted by Crippen LogP contribution is 2.20. The fourth-order valence-corrected chi connectivity index (χ4v) is 5.24. The Balaban J connectivity index is 1.35. The number of amides is 1. The predicted octanol–water partition coefficient (Wildman–Crippen LogP) is 3.91. The van der Waals surface area contributed by atoms with E-state index in [1.807, 2.05) is 30.0 Å². The van der Waals surface area contributed by atoms with Gasteiger partial charge in [0.05, 0.1) is 11.3 Å². The zero-order chi connectivity index (χ0) is 21.8. The minimum absolute atomic E-state index is 0.0985. The van der Waals surface area contributed by atoms with E-state index < -0.39 is 10.0 Å². The first kappa shape index (κ1) is 21.5. The molecule has 31 heavy (non-hydrogen) atoms. The first-order valence-corrected chi connectivity index (χ1v) is 12.2. The summed E-state index contributed by atoms with van der Waals surface area (Å²) >= 11 is 0. The summed E-state index contributed by atoms with van der Waals surface area (Å²) in [6.45, 7) is 3.59. The van der Waals surface area contributed by atoms with E-state index in [2.05, 4.69) is 29.0 Å². The monoisotopic (exact) mass is 436 g/mol. The quantitative estimate of drug-likeness (QED) is 0.637. The van der Waals surface area contributed by atoms with Crippen molar-refractivity contribution in [2.45, 2.75) is 31.1 Å². The molecule has 0 bridgehead atoms. The van der Waals surface area contributed by atoms with E-state index in [9.17, 15) is 13.2 Å². The van der Waals surface area contributed by atoms with E-state index in [-0.39, 0.29) is 16.7 Å². The summed E-state index contributed by atoms with van der Waals surface area (Å²) in [5, 5.41) is 2.30. The number of aryl methyl sites for hydroxylation is 1. The van der Waals surface area contributed by atoms with Crippen LogP contribution < -0.4 is 4.72 Å². The summed E-state index contributed by atoms with van der Waals surface area (Å²) in [5.41, 5.74) is 2.03. The highest BCUT2D eigenvalue weighted by molar-refractivity contribution is 7.89. The number of likely N-dealkylation sites (tertiary alicyclic amines) is 1. The molecule has 1 aliphatic heterocycles. The SMILES string of the molecule is Cc1ccc(S(=O)(=O)NCC2CCCN(C(=O)Cc3ccc4ccccc4c3)C2)cc1. The lowest BCUT2D eigenvalue weighted by atomic mass is 9.97. The van der Waals surface area contributed by atoms with E-state index >= 15 is 0 Å². The molecule has 6 heteroatoms. The van der Waals surface area contributed by atoms with Gasteiger partial charge in [0.2, 0.25) is 15.9 Å². The van der Waals surface area contributed by atoms with E-state index in [0.29, 0.717) is 19.5 Å². The van der Waals surface area contributed by atoms with Crippen molar-refractivity contribution in [1.29, 1.82) is 0 Å². The van der Waals surface area contributed by atoms with Crippen LogP contribution in [-0.2, 0) is 21.2 Å². The van der Waals surface area contributed by atoms with Crippen molar-refractivity contribution in [1.82, 2.24) is 9.62 Å². The molecule has 0 radical (unpaired) electrons. The largest absolute Gasteiger partial charge is 0.342 e. The summed E-state index contributed by atoms with van der Waals surface area (Å²) < 4.78 is 27.8. The Morgan fingerprint density at radius 1 is 1.03 bits per heavy atom. The lowest BCUT2D eigenvalue weighted by Crippen LogP contribution is -2.44. The van der Waals surface area contributed by atoms with Crippen LogP contribution in [0.2, 0.25) is 0 Å². The smallest absolute Gasteiger partial charge is 0.240 e. The maximum absolute atomic E-state index is 12.9. The second kappa shape index (κ2) is 9.20. The topological polar surface area (TPSA) is 66.5 Å². The first-order valence-electron chi connectivity index (χ1n) is 10.7. The van der Waals surface area contributed by atoms with Gasteiger partial charge in [-0.25, -0.2) is 13.1 Å². The average Bonchev–Trinajstić information content (AvgIpc) is 2.78. The average molecular weight is 437 g/mol. The Morgan fingerprint density at radius 3 is 2.55 bits per heavy atom. The Morgan fingerprint density at radius 2 is 1.77 bits per heavy atom. The number of benzene rings is 3. The Labute approximate surface area is 184 Å². The van der Waals surface area contributed by atoms with Gasteiger partial charge in [-0.05, 0) is 54.2 Å². The van der Waals surface area contributed by atoms with Crippen molar-refractivity contribution < 1.29 is 13.2 Å². The molecule has 1 amide bonds. The van der Waals surface area contributed by atoms with E-state index in [1.54, 1.807) is 24.3 Å². The number of rotatable bonds is 6. The van der Waals surface area contributed by atoms with E-state index in [4.69, 9.17) is 0 Å². The number of sulfonamides is 1. The van der Waals surface area contributed by atoms with Crippen LogP contribution in [0, 0.1) is 12.8 Å². The Bertz CT molecular complexity index is 1170. The number of carbonyl (C=O) groups is 1. The molecule has 0 spiro atoms. The summed E-state index contributed by atoms with van der Waals surface area (Å²) in [4.78, 5) is 15.0. The zero-order valence-electron chi connectivity index (χ0n) is 17.8. The molecule has 1 atom stereocenters.